The number of methoxy groups -OCH3 is 1. The summed E-state index contributed by atoms with van der Waals surface area (Å²) in [5.41, 5.74) is 1.17. The molecule has 0 aromatic carbocycles. The topological polar surface area (TPSA) is 43.4 Å². The van der Waals surface area contributed by atoms with Crippen molar-refractivity contribution in [2.75, 3.05) is 20.3 Å². The summed E-state index contributed by atoms with van der Waals surface area (Å²) in [5, 5.41) is 3.37. The average Bonchev–Trinajstić information content (AvgIpc) is 2.49. The van der Waals surface area contributed by atoms with Gasteiger partial charge in [0.15, 0.2) is 0 Å². The van der Waals surface area contributed by atoms with Gasteiger partial charge in [-0.15, -0.1) is 0 Å². The van der Waals surface area contributed by atoms with Gasteiger partial charge in [-0.1, -0.05) is 25.3 Å². The number of hydrogen-bond acceptors (Lipinski definition) is 4. The van der Waals surface area contributed by atoms with Crippen molar-refractivity contribution >= 4 is 0 Å². The van der Waals surface area contributed by atoms with Crippen LogP contribution in [0.3, 0.4) is 0 Å². The van der Waals surface area contributed by atoms with Crippen molar-refractivity contribution in [3.05, 3.63) is 23.9 Å². The van der Waals surface area contributed by atoms with Gasteiger partial charge in [0.05, 0.1) is 19.8 Å². The first-order valence-electron chi connectivity index (χ1n) is 7.20. The summed E-state index contributed by atoms with van der Waals surface area (Å²) < 4.78 is 10.9. The molecule has 0 saturated heterocycles. The zero-order chi connectivity index (χ0) is 13.3. The molecule has 106 valence electrons. The first-order chi connectivity index (χ1) is 9.38. The molecule has 19 heavy (non-hydrogen) atoms. The largest absolute Gasteiger partial charge is 0.481 e. The number of ether oxygens (including phenoxy) is 2. The van der Waals surface area contributed by atoms with Crippen LogP contribution in [-0.2, 0) is 11.3 Å². The molecule has 0 aliphatic heterocycles. The Morgan fingerprint density at radius 3 is 2.79 bits per heavy atom. The van der Waals surface area contributed by atoms with E-state index >= 15 is 0 Å². The number of nitrogens with one attached hydrogen (secondary N) is 1. The van der Waals surface area contributed by atoms with Gasteiger partial charge in [-0.25, -0.2) is 4.98 Å². The third kappa shape index (κ3) is 5.17. The zero-order valence-corrected chi connectivity index (χ0v) is 11.7. The first kappa shape index (κ1) is 14.3. The van der Waals surface area contributed by atoms with Crippen molar-refractivity contribution in [2.24, 2.45) is 0 Å². The van der Waals surface area contributed by atoms with E-state index < -0.39 is 0 Å². The first-order valence-corrected chi connectivity index (χ1v) is 7.20. The molecule has 2 rings (SSSR count). The third-order valence-corrected chi connectivity index (χ3v) is 3.52. The van der Waals surface area contributed by atoms with Crippen molar-refractivity contribution in [1.29, 1.82) is 0 Å². The molecule has 1 aromatic rings. The molecule has 1 fully saturated rings. The van der Waals surface area contributed by atoms with Crippen LogP contribution in [0.2, 0.25) is 0 Å². The monoisotopic (exact) mass is 264 g/mol. The van der Waals surface area contributed by atoms with Crippen LogP contribution in [0.15, 0.2) is 18.3 Å². The number of hydrogen-bond donors (Lipinski definition) is 1. The van der Waals surface area contributed by atoms with Gasteiger partial charge in [0.1, 0.15) is 0 Å². The molecule has 4 heteroatoms. The molecule has 0 atom stereocenters. The summed E-state index contributed by atoms with van der Waals surface area (Å²) in [4.78, 5) is 4.18. The van der Waals surface area contributed by atoms with Gasteiger partial charge in [0.2, 0.25) is 5.88 Å². The predicted molar refractivity (Wildman–Crippen MR) is 75.3 cm³/mol. The standard InChI is InChI=1S/C15H24N2O2/c1-18-15-8-7-13(12-17-15)11-16-9-10-19-14-5-3-2-4-6-14/h7-8,12,14,16H,2-6,9-11H2,1H3. The molecular formula is C15H24N2O2. The van der Waals surface area contributed by atoms with E-state index in [4.69, 9.17) is 9.47 Å². The molecule has 1 N–H and O–H groups in total. The fourth-order valence-electron chi connectivity index (χ4n) is 2.40. The molecule has 1 aliphatic rings. The Labute approximate surface area is 115 Å². The molecule has 1 aliphatic carbocycles. The molecule has 1 aromatic heterocycles. The summed E-state index contributed by atoms with van der Waals surface area (Å²) >= 11 is 0. The maximum absolute atomic E-state index is 5.86. The Kier molecular flexibility index (Phi) is 6.11. The maximum atomic E-state index is 5.86. The smallest absolute Gasteiger partial charge is 0.212 e. The summed E-state index contributed by atoms with van der Waals surface area (Å²) in [6, 6.07) is 3.91. The highest BCUT2D eigenvalue weighted by Crippen LogP contribution is 2.19. The lowest BCUT2D eigenvalue weighted by atomic mass is 9.98. The third-order valence-electron chi connectivity index (χ3n) is 3.52. The number of rotatable bonds is 7. The van der Waals surface area contributed by atoms with Gasteiger partial charge in [-0.05, 0) is 18.4 Å². The molecule has 4 nitrogen and oxygen atoms in total. The molecule has 1 heterocycles. The molecule has 1 saturated carbocycles. The number of aromatic nitrogens is 1. The van der Waals surface area contributed by atoms with Gasteiger partial charge in [-0.3, -0.25) is 0 Å². The van der Waals surface area contributed by atoms with Crippen molar-refractivity contribution < 1.29 is 9.47 Å². The minimum absolute atomic E-state index is 0.498. The van der Waals surface area contributed by atoms with Crippen molar-refractivity contribution in [2.45, 2.75) is 44.8 Å². The van der Waals surface area contributed by atoms with E-state index in [9.17, 15) is 0 Å². The van der Waals surface area contributed by atoms with Crippen LogP contribution in [0.5, 0.6) is 5.88 Å². The van der Waals surface area contributed by atoms with E-state index in [1.165, 1.54) is 37.7 Å². The number of nitrogens with zero attached hydrogens (tertiary/aromatic N) is 1. The van der Waals surface area contributed by atoms with Crippen LogP contribution in [0.4, 0.5) is 0 Å². The van der Waals surface area contributed by atoms with Crippen molar-refractivity contribution in [3.8, 4) is 5.88 Å². The van der Waals surface area contributed by atoms with E-state index in [0.717, 1.165) is 19.7 Å². The van der Waals surface area contributed by atoms with Gasteiger partial charge in [0, 0.05) is 25.4 Å². The van der Waals surface area contributed by atoms with Gasteiger partial charge < -0.3 is 14.8 Å². The second-order valence-electron chi connectivity index (χ2n) is 5.02. The van der Waals surface area contributed by atoms with Crippen LogP contribution in [0.1, 0.15) is 37.7 Å². The fraction of sp³-hybridized carbons (Fsp3) is 0.667. The maximum Gasteiger partial charge on any atom is 0.212 e. The lowest BCUT2D eigenvalue weighted by Gasteiger charge is -2.22. The zero-order valence-electron chi connectivity index (χ0n) is 11.7. The van der Waals surface area contributed by atoms with Crippen LogP contribution < -0.4 is 10.1 Å². The lowest BCUT2D eigenvalue weighted by Crippen LogP contribution is -2.24. The summed E-state index contributed by atoms with van der Waals surface area (Å²) in [6.07, 6.45) is 8.85. The minimum atomic E-state index is 0.498. The summed E-state index contributed by atoms with van der Waals surface area (Å²) in [5.74, 6) is 0.657. The van der Waals surface area contributed by atoms with E-state index in [2.05, 4.69) is 10.3 Å². The Bertz CT molecular complexity index is 348. The highest BCUT2D eigenvalue weighted by molar-refractivity contribution is 5.17. The highest BCUT2D eigenvalue weighted by atomic mass is 16.5. The SMILES string of the molecule is COc1ccc(CNCCOC2CCCCC2)cn1. The second-order valence-corrected chi connectivity index (χ2v) is 5.02. The molecule has 0 amide bonds. The predicted octanol–water partition coefficient (Wildman–Crippen LogP) is 2.53. The molecule has 0 unspecified atom stereocenters. The highest BCUT2D eigenvalue weighted by Gasteiger charge is 2.12. The quantitative estimate of drug-likeness (QED) is 0.769. The molecule has 0 spiro atoms. The summed E-state index contributed by atoms with van der Waals surface area (Å²) in [6.45, 7) is 2.52. The van der Waals surface area contributed by atoms with Gasteiger partial charge in [-0.2, -0.15) is 0 Å². The van der Waals surface area contributed by atoms with Crippen LogP contribution in [0, 0.1) is 0 Å². The van der Waals surface area contributed by atoms with Crippen molar-refractivity contribution in [3.63, 3.8) is 0 Å². The minimum Gasteiger partial charge on any atom is -0.481 e. The average molecular weight is 264 g/mol. The van der Waals surface area contributed by atoms with Gasteiger partial charge in [0.25, 0.3) is 0 Å². The Balaban J connectivity index is 1.55. The molecule has 0 radical (unpaired) electrons. The second kappa shape index (κ2) is 8.12. The molecular weight excluding hydrogens is 240 g/mol. The number of pyridine rings is 1. The van der Waals surface area contributed by atoms with Crippen molar-refractivity contribution in [1.82, 2.24) is 10.3 Å². The Morgan fingerprint density at radius 1 is 1.26 bits per heavy atom. The van der Waals surface area contributed by atoms with E-state index in [1.807, 2.05) is 18.3 Å². The lowest BCUT2D eigenvalue weighted by molar-refractivity contribution is 0.0302. The van der Waals surface area contributed by atoms with Crippen LogP contribution in [0.25, 0.3) is 0 Å². The van der Waals surface area contributed by atoms with E-state index in [-0.39, 0.29) is 0 Å². The van der Waals surface area contributed by atoms with E-state index in [0.29, 0.717) is 12.0 Å². The Morgan fingerprint density at radius 2 is 2.11 bits per heavy atom. The van der Waals surface area contributed by atoms with Gasteiger partial charge >= 0.3 is 0 Å². The van der Waals surface area contributed by atoms with E-state index in [1.54, 1.807) is 7.11 Å². The Hall–Kier alpha value is -1.13. The fourth-order valence-corrected chi connectivity index (χ4v) is 2.40. The normalized spacial score (nSPS) is 16.5. The van der Waals surface area contributed by atoms with Crippen LogP contribution >= 0.6 is 0 Å². The summed E-state index contributed by atoms with van der Waals surface area (Å²) in [7, 11) is 1.63. The van der Waals surface area contributed by atoms with Crippen LogP contribution in [-0.4, -0.2) is 31.3 Å². The molecule has 0 bridgehead atoms.